The van der Waals surface area contributed by atoms with E-state index in [1.165, 1.54) is 0 Å². The lowest BCUT2D eigenvalue weighted by atomic mass is 9.97. The summed E-state index contributed by atoms with van der Waals surface area (Å²) in [6, 6.07) is 13.4. The smallest absolute Gasteiger partial charge is 0.120 e. The van der Waals surface area contributed by atoms with Crippen molar-refractivity contribution in [2.45, 2.75) is 25.4 Å². The summed E-state index contributed by atoms with van der Waals surface area (Å²) in [4.78, 5) is 0. The second kappa shape index (κ2) is 5.92. The van der Waals surface area contributed by atoms with Gasteiger partial charge in [0.25, 0.3) is 0 Å². The predicted octanol–water partition coefficient (Wildman–Crippen LogP) is 3.34. The molecule has 1 aromatic carbocycles. The van der Waals surface area contributed by atoms with E-state index in [0.29, 0.717) is 10.7 Å². The van der Waals surface area contributed by atoms with E-state index in [9.17, 15) is 0 Å². The summed E-state index contributed by atoms with van der Waals surface area (Å²) >= 11 is 5.92. The first-order valence-electron chi connectivity index (χ1n) is 6.25. The molecule has 0 aliphatic heterocycles. The van der Waals surface area contributed by atoms with E-state index in [1.807, 2.05) is 48.0 Å². The molecule has 0 radical (unpaired) electrons. The molecule has 4 heteroatoms. The van der Waals surface area contributed by atoms with Gasteiger partial charge in [-0.05, 0) is 36.2 Å². The Morgan fingerprint density at radius 3 is 2.58 bits per heavy atom. The molecule has 1 aromatic heterocycles. The fraction of sp³-hybridized carbons (Fsp3) is 0.267. The largest absolute Gasteiger partial charge is 0.330 e. The van der Waals surface area contributed by atoms with Crippen molar-refractivity contribution in [3.63, 3.8) is 0 Å². The average Bonchev–Trinajstić information content (AvgIpc) is 2.89. The van der Waals surface area contributed by atoms with Crippen LogP contribution in [0.2, 0.25) is 5.02 Å². The highest BCUT2D eigenvalue weighted by molar-refractivity contribution is 6.30. The highest BCUT2D eigenvalue weighted by Crippen LogP contribution is 2.26. The van der Waals surface area contributed by atoms with Gasteiger partial charge in [0.05, 0.1) is 6.04 Å². The quantitative estimate of drug-likeness (QED) is 0.929. The number of hydrogen-bond donors (Lipinski definition) is 1. The van der Waals surface area contributed by atoms with Crippen LogP contribution in [0, 0.1) is 11.3 Å². The molecule has 0 spiro atoms. The zero-order valence-corrected chi connectivity index (χ0v) is 11.5. The molecule has 19 heavy (non-hydrogen) atoms. The molecule has 2 unspecified atom stereocenters. The fourth-order valence-electron chi connectivity index (χ4n) is 2.23. The van der Waals surface area contributed by atoms with E-state index in [2.05, 4.69) is 6.07 Å². The van der Waals surface area contributed by atoms with Gasteiger partial charge in [0.15, 0.2) is 0 Å². The van der Waals surface area contributed by atoms with Gasteiger partial charge in [-0.2, -0.15) is 5.26 Å². The van der Waals surface area contributed by atoms with Crippen LogP contribution in [0.3, 0.4) is 0 Å². The van der Waals surface area contributed by atoms with Crippen molar-refractivity contribution in [2.24, 2.45) is 5.73 Å². The second-order valence-electron chi connectivity index (χ2n) is 4.48. The van der Waals surface area contributed by atoms with Crippen LogP contribution in [0.5, 0.6) is 0 Å². The summed E-state index contributed by atoms with van der Waals surface area (Å²) in [6.45, 7) is 2.04. The Bertz CT molecular complexity index is 580. The van der Waals surface area contributed by atoms with Gasteiger partial charge in [-0.3, -0.25) is 0 Å². The van der Waals surface area contributed by atoms with E-state index >= 15 is 0 Å². The fourth-order valence-corrected chi connectivity index (χ4v) is 2.35. The monoisotopic (exact) mass is 273 g/mol. The molecule has 2 atom stereocenters. The number of aromatic nitrogens is 1. The second-order valence-corrected chi connectivity index (χ2v) is 4.92. The molecule has 0 fully saturated rings. The average molecular weight is 274 g/mol. The Morgan fingerprint density at radius 2 is 2.00 bits per heavy atom. The predicted molar refractivity (Wildman–Crippen MR) is 77.0 cm³/mol. The molecule has 0 saturated heterocycles. The van der Waals surface area contributed by atoms with Gasteiger partial charge in [0, 0.05) is 17.3 Å². The normalized spacial score (nSPS) is 13.8. The molecular formula is C15H16ClN3. The summed E-state index contributed by atoms with van der Waals surface area (Å²) in [5, 5.41) is 9.86. The Kier molecular flexibility index (Phi) is 4.26. The maximum Gasteiger partial charge on any atom is 0.120 e. The molecule has 2 aromatic rings. The zero-order valence-electron chi connectivity index (χ0n) is 10.8. The number of nitriles is 1. The maximum absolute atomic E-state index is 9.17. The number of rotatable bonds is 4. The SMILES string of the molecule is CCC(N)C(c1ccc(Cl)cc1)n1cccc1C#N. The lowest BCUT2D eigenvalue weighted by molar-refractivity contribution is 0.457. The molecule has 98 valence electrons. The topological polar surface area (TPSA) is 54.7 Å². The standard InChI is InChI=1S/C15H16ClN3/c1-2-14(18)15(11-5-7-12(16)8-6-11)19-9-3-4-13(19)10-17/h3-9,14-15H,2,18H2,1H3. The van der Waals surface area contributed by atoms with Gasteiger partial charge < -0.3 is 10.3 Å². The van der Waals surface area contributed by atoms with Crippen molar-refractivity contribution >= 4 is 11.6 Å². The van der Waals surface area contributed by atoms with Crippen molar-refractivity contribution in [1.29, 1.82) is 5.26 Å². The molecule has 1 heterocycles. The molecule has 0 bridgehead atoms. The molecule has 0 aliphatic carbocycles. The highest BCUT2D eigenvalue weighted by Gasteiger charge is 2.21. The van der Waals surface area contributed by atoms with E-state index in [-0.39, 0.29) is 12.1 Å². The molecule has 0 amide bonds. The number of benzene rings is 1. The number of nitrogens with zero attached hydrogens (tertiary/aromatic N) is 2. The molecule has 3 nitrogen and oxygen atoms in total. The molecular weight excluding hydrogens is 258 g/mol. The maximum atomic E-state index is 9.17. The van der Waals surface area contributed by atoms with Gasteiger partial charge in [-0.15, -0.1) is 0 Å². The minimum atomic E-state index is -0.0549. The first kappa shape index (κ1) is 13.7. The van der Waals surface area contributed by atoms with E-state index in [1.54, 1.807) is 6.07 Å². The Hall–Kier alpha value is -1.76. The Labute approximate surface area is 118 Å². The lowest BCUT2D eigenvalue weighted by Crippen LogP contribution is -2.32. The van der Waals surface area contributed by atoms with E-state index in [0.717, 1.165) is 12.0 Å². The van der Waals surface area contributed by atoms with Gasteiger partial charge in [0.2, 0.25) is 0 Å². The van der Waals surface area contributed by atoms with Crippen molar-refractivity contribution in [3.8, 4) is 6.07 Å². The molecule has 2 rings (SSSR count). The summed E-state index contributed by atoms with van der Waals surface area (Å²) in [5.41, 5.74) is 7.92. The molecule has 0 aliphatic rings. The summed E-state index contributed by atoms with van der Waals surface area (Å²) in [7, 11) is 0. The summed E-state index contributed by atoms with van der Waals surface area (Å²) in [6.07, 6.45) is 2.73. The van der Waals surface area contributed by atoms with Crippen LogP contribution in [-0.2, 0) is 0 Å². The van der Waals surface area contributed by atoms with Crippen LogP contribution < -0.4 is 5.73 Å². The third kappa shape index (κ3) is 2.81. The van der Waals surface area contributed by atoms with E-state index in [4.69, 9.17) is 22.6 Å². The molecule has 2 N–H and O–H groups in total. The van der Waals surface area contributed by atoms with Crippen LogP contribution in [0.25, 0.3) is 0 Å². The van der Waals surface area contributed by atoms with Crippen LogP contribution in [-0.4, -0.2) is 10.6 Å². The van der Waals surface area contributed by atoms with Gasteiger partial charge >= 0.3 is 0 Å². The first-order chi connectivity index (χ1) is 9.17. The van der Waals surface area contributed by atoms with E-state index < -0.39 is 0 Å². The lowest BCUT2D eigenvalue weighted by Gasteiger charge is -2.26. The highest BCUT2D eigenvalue weighted by atomic mass is 35.5. The van der Waals surface area contributed by atoms with Crippen molar-refractivity contribution in [1.82, 2.24) is 4.57 Å². The Morgan fingerprint density at radius 1 is 1.32 bits per heavy atom. The Balaban J connectivity index is 2.48. The van der Waals surface area contributed by atoms with Crippen LogP contribution in [0.4, 0.5) is 0 Å². The summed E-state index contributed by atoms with van der Waals surface area (Å²) < 4.78 is 1.93. The number of hydrogen-bond acceptors (Lipinski definition) is 2. The van der Waals surface area contributed by atoms with Crippen molar-refractivity contribution < 1.29 is 0 Å². The molecule has 0 saturated carbocycles. The van der Waals surface area contributed by atoms with Gasteiger partial charge in [-0.25, -0.2) is 0 Å². The third-order valence-electron chi connectivity index (χ3n) is 3.28. The van der Waals surface area contributed by atoms with Gasteiger partial charge in [-0.1, -0.05) is 30.7 Å². The first-order valence-corrected chi connectivity index (χ1v) is 6.63. The van der Waals surface area contributed by atoms with Crippen molar-refractivity contribution in [3.05, 3.63) is 58.9 Å². The number of halogens is 1. The van der Waals surface area contributed by atoms with Crippen LogP contribution in [0.15, 0.2) is 42.6 Å². The van der Waals surface area contributed by atoms with Crippen LogP contribution in [0.1, 0.15) is 30.6 Å². The summed E-state index contributed by atoms with van der Waals surface area (Å²) in [5.74, 6) is 0. The zero-order chi connectivity index (χ0) is 13.8. The minimum absolute atomic E-state index is 0.0492. The van der Waals surface area contributed by atoms with Gasteiger partial charge in [0.1, 0.15) is 11.8 Å². The van der Waals surface area contributed by atoms with Crippen LogP contribution >= 0.6 is 11.6 Å². The number of nitrogens with two attached hydrogens (primary N) is 1. The minimum Gasteiger partial charge on any atom is -0.330 e. The van der Waals surface area contributed by atoms with Crippen molar-refractivity contribution in [2.75, 3.05) is 0 Å². The third-order valence-corrected chi connectivity index (χ3v) is 3.53.